The van der Waals surface area contributed by atoms with E-state index in [4.69, 9.17) is 9.47 Å². The van der Waals surface area contributed by atoms with E-state index in [9.17, 15) is 22.8 Å². The van der Waals surface area contributed by atoms with Gasteiger partial charge in [-0.3, -0.25) is 9.59 Å². The van der Waals surface area contributed by atoms with Gasteiger partial charge < -0.3 is 14.8 Å². The van der Waals surface area contributed by atoms with Crippen molar-refractivity contribution in [3.63, 3.8) is 0 Å². The highest BCUT2D eigenvalue weighted by Gasteiger charge is 2.31. The van der Waals surface area contributed by atoms with Gasteiger partial charge in [0.25, 0.3) is 11.5 Å². The van der Waals surface area contributed by atoms with Gasteiger partial charge in [-0.05, 0) is 36.4 Å². The van der Waals surface area contributed by atoms with Crippen molar-refractivity contribution < 1.29 is 27.4 Å². The molecule has 0 saturated carbocycles. The number of hydrogen-bond acceptors (Lipinski definition) is 5. The highest BCUT2D eigenvalue weighted by Crippen LogP contribution is 2.37. The molecule has 7 nitrogen and oxygen atoms in total. The van der Waals surface area contributed by atoms with Crippen molar-refractivity contribution in [3.05, 3.63) is 88.3 Å². The molecule has 0 bridgehead atoms. The number of rotatable bonds is 5. The number of hydrogen-bond donors (Lipinski definition) is 1. The van der Waals surface area contributed by atoms with Gasteiger partial charge in [0, 0.05) is 18.5 Å². The lowest BCUT2D eigenvalue weighted by atomic mass is 10.1. The van der Waals surface area contributed by atoms with E-state index >= 15 is 0 Å². The van der Waals surface area contributed by atoms with Gasteiger partial charge in [-0.15, -0.1) is 0 Å². The summed E-state index contributed by atoms with van der Waals surface area (Å²) in [7, 11) is 2.85. The summed E-state index contributed by atoms with van der Waals surface area (Å²) in [6, 6.07) is 15.6. The Morgan fingerprint density at radius 1 is 0.971 bits per heavy atom. The minimum Gasteiger partial charge on any atom is -0.497 e. The van der Waals surface area contributed by atoms with Crippen LogP contribution in [0.15, 0.2) is 71.5 Å². The van der Waals surface area contributed by atoms with Crippen LogP contribution in [0.1, 0.15) is 16.1 Å². The van der Waals surface area contributed by atoms with E-state index in [0.29, 0.717) is 11.5 Å². The summed E-state index contributed by atoms with van der Waals surface area (Å²) in [4.78, 5) is 25.5. The Kier molecular flexibility index (Phi) is 5.97. The van der Waals surface area contributed by atoms with Crippen molar-refractivity contribution in [3.8, 4) is 17.2 Å². The number of amides is 1. The Balaban J connectivity index is 1.77. The van der Waals surface area contributed by atoms with Crippen molar-refractivity contribution in [1.29, 1.82) is 0 Å². The zero-order valence-electron chi connectivity index (χ0n) is 18.0. The lowest BCUT2D eigenvalue weighted by molar-refractivity contribution is -0.137. The summed E-state index contributed by atoms with van der Waals surface area (Å²) < 4.78 is 52.0. The van der Waals surface area contributed by atoms with E-state index in [2.05, 4.69) is 10.4 Å². The number of aryl methyl sites for hydroxylation is 1. The number of anilines is 1. The minimum atomic E-state index is -4.64. The van der Waals surface area contributed by atoms with Gasteiger partial charge in [-0.25, -0.2) is 4.68 Å². The summed E-state index contributed by atoms with van der Waals surface area (Å²) in [6.07, 6.45) is -4.64. The maximum atomic E-state index is 13.4. The first-order chi connectivity index (χ1) is 16.2. The molecule has 0 aliphatic carbocycles. The third-order valence-corrected chi connectivity index (χ3v) is 5.00. The number of aromatic nitrogens is 2. The Bertz CT molecular complexity index is 1450. The van der Waals surface area contributed by atoms with E-state index in [1.165, 1.54) is 20.2 Å². The molecule has 0 spiro atoms. The van der Waals surface area contributed by atoms with Crippen LogP contribution >= 0.6 is 0 Å². The van der Waals surface area contributed by atoms with Crippen LogP contribution in [0.25, 0.3) is 10.8 Å². The van der Waals surface area contributed by atoms with E-state index in [1.807, 2.05) is 0 Å². The van der Waals surface area contributed by atoms with E-state index in [1.54, 1.807) is 42.5 Å². The van der Waals surface area contributed by atoms with Crippen molar-refractivity contribution in [1.82, 2.24) is 9.78 Å². The molecule has 10 heteroatoms. The molecule has 0 fully saturated rings. The first kappa shape index (κ1) is 22.8. The molecule has 4 aromatic rings. The lowest BCUT2D eigenvalue weighted by Gasteiger charge is -2.16. The van der Waals surface area contributed by atoms with E-state index in [0.717, 1.165) is 22.9 Å². The molecule has 4 rings (SSSR count). The van der Waals surface area contributed by atoms with Crippen molar-refractivity contribution in [2.45, 2.75) is 6.18 Å². The van der Waals surface area contributed by atoms with Gasteiger partial charge in [-0.1, -0.05) is 24.3 Å². The second-order valence-electron chi connectivity index (χ2n) is 7.27. The smallest absolute Gasteiger partial charge is 0.416 e. The Labute approximate surface area is 191 Å². The highest BCUT2D eigenvalue weighted by molar-refractivity contribution is 6.11. The number of methoxy groups -OCH3 is 1. The van der Waals surface area contributed by atoms with Crippen LogP contribution in [-0.4, -0.2) is 22.8 Å². The molecule has 0 saturated heterocycles. The molecule has 3 aromatic carbocycles. The molecule has 1 N–H and O–H groups in total. The monoisotopic (exact) mass is 469 g/mol. The minimum absolute atomic E-state index is 0.0243. The number of carbonyl (C=O) groups is 1. The topological polar surface area (TPSA) is 82.4 Å². The van der Waals surface area contributed by atoms with Gasteiger partial charge in [0.2, 0.25) is 0 Å². The van der Waals surface area contributed by atoms with Crippen LogP contribution in [0.2, 0.25) is 0 Å². The fourth-order valence-corrected chi connectivity index (χ4v) is 3.33. The van der Waals surface area contributed by atoms with Crippen LogP contribution in [0.3, 0.4) is 0 Å². The van der Waals surface area contributed by atoms with Crippen LogP contribution < -0.4 is 20.3 Å². The fraction of sp³-hybridized carbons (Fsp3) is 0.125. The van der Waals surface area contributed by atoms with Gasteiger partial charge >= 0.3 is 6.18 Å². The SMILES string of the molecule is COc1cccc(Oc2ccc(C(F)(F)F)cc2NC(=O)c2nn(C)c(=O)c3ccccc23)c1. The molecular weight excluding hydrogens is 451 g/mol. The predicted octanol–water partition coefficient (Wildman–Crippen LogP) is 5.01. The summed E-state index contributed by atoms with van der Waals surface area (Å²) >= 11 is 0. The molecule has 1 aromatic heterocycles. The number of fused-ring (bicyclic) bond motifs is 1. The van der Waals surface area contributed by atoms with Crippen LogP contribution in [-0.2, 0) is 13.2 Å². The van der Waals surface area contributed by atoms with Gasteiger partial charge in [-0.2, -0.15) is 18.3 Å². The predicted molar refractivity (Wildman–Crippen MR) is 119 cm³/mol. The quantitative estimate of drug-likeness (QED) is 0.445. The first-order valence-corrected chi connectivity index (χ1v) is 9.98. The number of alkyl halides is 3. The van der Waals surface area contributed by atoms with Gasteiger partial charge in [0.05, 0.1) is 23.7 Å². The van der Waals surface area contributed by atoms with Crippen LogP contribution in [0.4, 0.5) is 18.9 Å². The van der Waals surface area contributed by atoms with Crippen molar-refractivity contribution in [2.24, 2.45) is 7.05 Å². The summed E-state index contributed by atoms with van der Waals surface area (Å²) in [5.41, 5.74) is -1.72. The lowest BCUT2D eigenvalue weighted by Crippen LogP contribution is -2.25. The third-order valence-electron chi connectivity index (χ3n) is 5.00. The third kappa shape index (κ3) is 4.56. The molecule has 0 aliphatic rings. The number of carbonyl (C=O) groups excluding carboxylic acids is 1. The molecule has 34 heavy (non-hydrogen) atoms. The normalized spacial score (nSPS) is 11.3. The maximum absolute atomic E-state index is 13.4. The molecule has 0 atom stereocenters. The maximum Gasteiger partial charge on any atom is 0.416 e. The average Bonchev–Trinajstić information content (AvgIpc) is 2.82. The van der Waals surface area contributed by atoms with E-state index < -0.39 is 23.2 Å². The molecular formula is C24H18F3N3O4. The average molecular weight is 469 g/mol. The van der Waals surface area contributed by atoms with Gasteiger partial charge in [0.1, 0.15) is 11.5 Å². The Morgan fingerprint density at radius 2 is 1.68 bits per heavy atom. The number of nitrogens with one attached hydrogen (secondary N) is 1. The van der Waals surface area contributed by atoms with Crippen molar-refractivity contribution in [2.75, 3.05) is 12.4 Å². The zero-order valence-corrected chi connectivity index (χ0v) is 18.0. The van der Waals surface area contributed by atoms with Crippen molar-refractivity contribution >= 4 is 22.4 Å². The first-order valence-electron chi connectivity index (χ1n) is 9.98. The second kappa shape index (κ2) is 8.89. The molecule has 1 amide bonds. The molecule has 1 heterocycles. The summed E-state index contributed by atoms with van der Waals surface area (Å²) in [5, 5.41) is 6.99. The molecule has 0 radical (unpaired) electrons. The fourth-order valence-electron chi connectivity index (χ4n) is 3.33. The molecule has 0 aliphatic heterocycles. The van der Waals surface area contributed by atoms with Crippen LogP contribution in [0.5, 0.6) is 17.2 Å². The number of benzene rings is 3. The van der Waals surface area contributed by atoms with Crippen LogP contribution in [0, 0.1) is 0 Å². The summed E-state index contributed by atoms with van der Waals surface area (Å²) in [5.74, 6) is -0.0542. The molecule has 0 unspecified atom stereocenters. The standard InChI is InChI=1S/C24H18F3N3O4/c1-30-23(32)18-9-4-3-8-17(18)21(29-30)22(31)28-19-12-14(24(25,26)27)10-11-20(19)34-16-7-5-6-15(13-16)33-2/h3-13H,1-2H3,(H,28,31). The number of halogens is 3. The Hall–Kier alpha value is -4.34. The molecule has 174 valence electrons. The largest absolute Gasteiger partial charge is 0.497 e. The van der Waals surface area contributed by atoms with Gasteiger partial charge in [0.15, 0.2) is 11.4 Å². The number of nitrogens with zero attached hydrogens (tertiary/aromatic N) is 2. The Morgan fingerprint density at radius 3 is 2.38 bits per heavy atom. The summed E-state index contributed by atoms with van der Waals surface area (Å²) in [6.45, 7) is 0. The highest BCUT2D eigenvalue weighted by atomic mass is 19.4. The second-order valence-corrected chi connectivity index (χ2v) is 7.27. The number of ether oxygens (including phenoxy) is 2. The zero-order chi connectivity index (χ0) is 24.5. The van der Waals surface area contributed by atoms with E-state index in [-0.39, 0.29) is 27.9 Å².